The van der Waals surface area contributed by atoms with Crippen molar-refractivity contribution in [2.24, 2.45) is 0 Å². The number of hydrogen-bond acceptors (Lipinski definition) is 0. The summed E-state index contributed by atoms with van der Waals surface area (Å²) in [6.07, 6.45) is 1.10. The van der Waals surface area contributed by atoms with Gasteiger partial charge in [0.05, 0.1) is 0 Å². The van der Waals surface area contributed by atoms with Crippen LogP contribution in [-0.4, -0.2) is 0 Å². The van der Waals surface area contributed by atoms with Crippen LogP contribution in [0.1, 0.15) is 11.1 Å². The molecule has 0 unspecified atom stereocenters. The van der Waals surface area contributed by atoms with Gasteiger partial charge in [-0.3, -0.25) is 0 Å². The fourth-order valence-electron chi connectivity index (χ4n) is 10.1. The SMILES string of the molecule is c1cc2ccc3cccc4ccc(c1)c2c34.c1ccc2c(c1)Cc1ccccc1-2.c1ccc2c(c1)ccc1ccccc12.c1ccc2cc3ccccc3cc2c1.c1ccc2ccccc2c1.c1ccccc1. The third-order valence-corrected chi connectivity index (χ3v) is 13.7. The van der Waals surface area contributed by atoms with Gasteiger partial charge in [-0.1, -0.05) is 303 Å². The van der Waals surface area contributed by atoms with Crippen LogP contribution < -0.4 is 0 Å². The van der Waals surface area contributed by atoms with E-state index in [0.29, 0.717) is 0 Å². The molecule has 0 aromatic heterocycles. The molecule has 15 aromatic carbocycles. The summed E-state index contributed by atoms with van der Waals surface area (Å²) in [6.45, 7) is 0. The van der Waals surface area contributed by atoms with E-state index in [1.165, 1.54) is 108 Å². The first-order chi connectivity index (χ1) is 36.2. The molecule has 1 aliphatic rings. The molecule has 0 fully saturated rings. The summed E-state index contributed by atoms with van der Waals surface area (Å²) in [5.41, 5.74) is 5.75. The van der Waals surface area contributed by atoms with Gasteiger partial charge < -0.3 is 0 Å². The molecule has 15 aromatic rings. The van der Waals surface area contributed by atoms with E-state index in [1.54, 1.807) is 0 Å². The number of rotatable bonds is 0. The smallest absolute Gasteiger partial charge is 0.00135 e. The van der Waals surface area contributed by atoms with Gasteiger partial charge in [-0.2, -0.15) is 0 Å². The van der Waals surface area contributed by atoms with Crippen molar-refractivity contribution < 1.29 is 0 Å². The van der Waals surface area contributed by atoms with Crippen LogP contribution in [0, 0.1) is 0 Å². The van der Waals surface area contributed by atoms with Gasteiger partial charge in [-0.15, -0.1) is 0 Å². The lowest BCUT2D eigenvalue weighted by Gasteiger charge is -2.09. The van der Waals surface area contributed by atoms with Crippen LogP contribution in [0.4, 0.5) is 0 Å². The van der Waals surface area contributed by atoms with Crippen molar-refractivity contribution in [3.05, 3.63) is 327 Å². The molecule has 1 aliphatic carbocycles. The molecular weight excluding hydrogens is 877 g/mol. The molecule has 16 rings (SSSR count). The van der Waals surface area contributed by atoms with Gasteiger partial charge >= 0.3 is 0 Å². The van der Waals surface area contributed by atoms with Crippen LogP contribution in [-0.2, 0) is 6.42 Å². The van der Waals surface area contributed by atoms with Gasteiger partial charge in [0.2, 0.25) is 0 Å². The fraction of sp³-hybridized carbons (Fsp3) is 0.0137. The topological polar surface area (TPSA) is 0 Å². The third kappa shape index (κ3) is 10.6. The molecule has 0 nitrogen and oxygen atoms in total. The Kier molecular flexibility index (Phi) is 14.0. The maximum Gasteiger partial charge on any atom is -0.00135 e. The highest BCUT2D eigenvalue weighted by molar-refractivity contribution is 6.22. The Morgan fingerprint density at radius 1 is 0.164 bits per heavy atom. The predicted octanol–water partition coefficient (Wildman–Crippen LogP) is 20.4. The van der Waals surface area contributed by atoms with Gasteiger partial charge in [0.1, 0.15) is 0 Å². The number of hydrogen-bond donors (Lipinski definition) is 0. The molecule has 73 heavy (non-hydrogen) atoms. The number of benzene rings is 15. The van der Waals surface area contributed by atoms with Gasteiger partial charge in [0.25, 0.3) is 0 Å². The van der Waals surface area contributed by atoms with Crippen molar-refractivity contribution in [3.8, 4) is 11.1 Å². The quantitative estimate of drug-likeness (QED) is 0.105. The second-order valence-electron chi connectivity index (χ2n) is 18.3. The van der Waals surface area contributed by atoms with Gasteiger partial charge in [0, 0.05) is 0 Å². The summed E-state index contributed by atoms with van der Waals surface area (Å²) < 4.78 is 0. The second kappa shape index (κ2) is 22.2. The van der Waals surface area contributed by atoms with Crippen molar-refractivity contribution in [1.82, 2.24) is 0 Å². The monoisotopic (exact) mass is 930 g/mol. The molecule has 0 saturated heterocycles. The molecule has 0 spiro atoms. The molecular formula is C73H54. The highest BCUT2D eigenvalue weighted by atomic mass is 14.2. The van der Waals surface area contributed by atoms with Crippen LogP contribution in [0.2, 0.25) is 0 Å². The van der Waals surface area contributed by atoms with Crippen molar-refractivity contribution >= 4 is 86.2 Å². The van der Waals surface area contributed by atoms with E-state index >= 15 is 0 Å². The van der Waals surface area contributed by atoms with E-state index in [1.807, 2.05) is 36.4 Å². The molecule has 0 heterocycles. The lowest BCUT2D eigenvalue weighted by atomic mass is 9.95. The Labute approximate surface area is 428 Å². The Morgan fingerprint density at radius 3 is 0.753 bits per heavy atom. The van der Waals surface area contributed by atoms with E-state index < -0.39 is 0 Å². The summed E-state index contributed by atoms with van der Waals surface area (Å²) in [5.74, 6) is 0. The van der Waals surface area contributed by atoms with Crippen LogP contribution in [0.25, 0.3) is 97.3 Å². The third-order valence-electron chi connectivity index (χ3n) is 13.7. The van der Waals surface area contributed by atoms with E-state index in [4.69, 9.17) is 0 Å². The molecule has 0 heteroatoms. The summed E-state index contributed by atoms with van der Waals surface area (Å²) in [7, 11) is 0. The Morgan fingerprint density at radius 2 is 0.411 bits per heavy atom. The summed E-state index contributed by atoms with van der Waals surface area (Å²) in [6, 6.07) is 111. The first-order valence-corrected chi connectivity index (χ1v) is 25.2. The summed E-state index contributed by atoms with van der Waals surface area (Å²) in [5, 5.41) is 21.3. The van der Waals surface area contributed by atoms with Gasteiger partial charge in [0.15, 0.2) is 0 Å². The van der Waals surface area contributed by atoms with E-state index in [2.05, 4.69) is 279 Å². The zero-order valence-corrected chi connectivity index (χ0v) is 40.7. The van der Waals surface area contributed by atoms with Crippen molar-refractivity contribution in [1.29, 1.82) is 0 Å². The largest absolute Gasteiger partial charge is 0.0623 e. The van der Waals surface area contributed by atoms with Crippen molar-refractivity contribution in [2.75, 3.05) is 0 Å². The standard InChI is InChI=1S/C16H10.2C14H10.C13H10.C10H8.C6H6/c1-3-11-7-9-13-5-2-6-14-10-8-12(4-1)15(11)16(13)14;1-3-7-13-11(5-1)9-10-12-6-2-4-8-14(12)13;1-2-6-12-10-14-8-4-3-7-13(14)9-11(12)5-1;1-3-7-12-10(5-1)9-11-6-2-4-8-13(11)12;1-2-6-10-8-4-3-7-9(10)5-1;1-2-4-6-5-3-1/h1-10H;2*1-10H;1-8H,9H2;1-8H;1-6H. The fourth-order valence-corrected chi connectivity index (χ4v) is 10.1. The lowest BCUT2D eigenvalue weighted by molar-refractivity contribution is 1.26. The minimum atomic E-state index is 1.10. The van der Waals surface area contributed by atoms with Crippen LogP contribution in [0.3, 0.4) is 0 Å². The summed E-state index contributed by atoms with van der Waals surface area (Å²) in [4.78, 5) is 0. The molecule has 0 amide bonds. The first-order valence-electron chi connectivity index (χ1n) is 25.2. The van der Waals surface area contributed by atoms with E-state index in [-0.39, 0.29) is 0 Å². The molecule has 0 radical (unpaired) electrons. The van der Waals surface area contributed by atoms with Crippen LogP contribution in [0.15, 0.2) is 315 Å². The Hall–Kier alpha value is -9.36. The minimum Gasteiger partial charge on any atom is -0.0623 e. The summed E-state index contributed by atoms with van der Waals surface area (Å²) >= 11 is 0. The van der Waals surface area contributed by atoms with E-state index in [0.717, 1.165) is 6.42 Å². The number of fused-ring (bicyclic) bond motifs is 9. The lowest BCUT2D eigenvalue weighted by Crippen LogP contribution is -1.82. The maximum absolute atomic E-state index is 2.24. The predicted molar refractivity (Wildman–Crippen MR) is 318 cm³/mol. The van der Waals surface area contributed by atoms with Crippen molar-refractivity contribution in [2.45, 2.75) is 6.42 Å². The zero-order valence-electron chi connectivity index (χ0n) is 40.7. The Balaban J connectivity index is 0.0000000961. The maximum atomic E-state index is 2.24. The zero-order chi connectivity index (χ0) is 49.0. The molecule has 0 saturated carbocycles. The Bertz CT molecular complexity index is 3800. The second-order valence-corrected chi connectivity index (χ2v) is 18.3. The average molecular weight is 931 g/mol. The first kappa shape index (κ1) is 46.0. The normalized spacial score (nSPS) is 11.0. The highest BCUT2D eigenvalue weighted by Crippen LogP contribution is 2.36. The minimum absolute atomic E-state index is 1.10. The molecule has 0 bridgehead atoms. The van der Waals surface area contributed by atoms with Crippen LogP contribution in [0.5, 0.6) is 0 Å². The average Bonchev–Trinajstić information content (AvgIpc) is 3.86. The molecule has 0 N–H and O–H groups in total. The molecule has 0 aliphatic heterocycles. The van der Waals surface area contributed by atoms with Gasteiger partial charge in [-0.25, -0.2) is 0 Å². The molecule has 346 valence electrons. The van der Waals surface area contributed by atoms with Gasteiger partial charge in [-0.05, 0) is 127 Å². The van der Waals surface area contributed by atoms with Crippen molar-refractivity contribution in [3.63, 3.8) is 0 Å². The molecule has 0 atom stereocenters. The highest BCUT2D eigenvalue weighted by Gasteiger charge is 2.16. The van der Waals surface area contributed by atoms with E-state index in [9.17, 15) is 0 Å². The van der Waals surface area contributed by atoms with Crippen LogP contribution >= 0.6 is 0 Å².